The van der Waals surface area contributed by atoms with Crippen molar-refractivity contribution >= 4 is 34.8 Å². The molecule has 0 aromatic heterocycles. The van der Waals surface area contributed by atoms with Crippen LogP contribution >= 0.6 is 23.8 Å². The minimum Gasteiger partial charge on any atom is -0.362 e. The third kappa shape index (κ3) is 16.2. The maximum atomic E-state index is 12.0. The van der Waals surface area contributed by atoms with Crippen LogP contribution in [0.25, 0.3) is 0 Å². The molecule has 1 rings (SSSR count). The number of rotatable bonds is 18. The van der Waals surface area contributed by atoms with Crippen molar-refractivity contribution in [2.75, 3.05) is 6.54 Å². The molecule has 1 aromatic carbocycles. The molecule has 1 aromatic rings. The van der Waals surface area contributed by atoms with Crippen LogP contribution in [-0.4, -0.2) is 17.6 Å². The molecule has 0 unspecified atom stereocenters. The van der Waals surface area contributed by atoms with Crippen LogP contribution in [0.1, 0.15) is 109 Å². The Morgan fingerprint density at radius 2 is 1.35 bits per heavy atom. The fourth-order valence-corrected chi connectivity index (χ4v) is 4.15. The second-order valence-corrected chi connectivity index (χ2v) is 9.31. The lowest BCUT2D eigenvalue weighted by atomic mass is 10.0. The van der Waals surface area contributed by atoms with Crippen molar-refractivity contribution in [1.29, 1.82) is 0 Å². The maximum Gasteiger partial charge on any atom is 0.226 e. The van der Waals surface area contributed by atoms with Gasteiger partial charge in [0.25, 0.3) is 0 Å². The zero-order chi connectivity index (χ0) is 22.6. The zero-order valence-corrected chi connectivity index (χ0v) is 21.1. The molecule has 0 spiro atoms. The summed E-state index contributed by atoms with van der Waals surface area (Å²) in [4.78, 5) is 12.0. The number of benzene rings is 1. The minimum atomic E-state index is -0.0709. The van der Waals surface area contributed by atoms with Gasteiger partial charge in [0, 0.05) is 18.0 Å². The highest BCUT2D eigenvalue weighted by Gasteiger charge is 2.06. The van der Waals surface area contributed by atoms with Gasteiger partial charge in [0.2, 0.25) is 5.91 Å². The summed E-state index contributed by atoms with van der Waals surface area (Å²) in [7, 11) is 0. The van der Waals surface area contributed by atoms with Crippen LogP contribution in [0.4, 0.5) is 0 Å². The molecule has 1 amide bonds. The highest BCUT2D eigenvalue weighted by Crippen LogP contribution is 2.16. The van der Waals surface area contributed by atoms with Crippen molar-refractivity contribution in [3.63, 3.8) is 0 Å². The first-order valence-electron chi connectivity index (χ1n) is 12.4. The molecule has 2 N–H and O–H groups in total. The molecule has 0 saturated carbocycles. The Morgan fingerprint density at radius 3 is 1.90 bits per heavy atom. The third-order valence-corrected chi connectivity index (χ3v) is 6.26. The van der Waals surface area contributed by atoms with E-state index in [1.807, 2.05) is 24.3 Å². The smallest absolute Gasteiger partial charge is 0.226 e. The Morgan fingerprint density at radius 1 is 0.839 bits per heavy atom. The number of halogens is 1. The first-order valence-corrected chi connectivity index (χ1v) is 13.2. The first-order chi connectivity index (χ1) is 15.1. The number of amides is 1. The molecule has 0 bridgehead atoms. The van der Waals surface area contributed by atoms with E-state index in [0.717, 1.165) is 18.5 Å². The number of thiocarbonyl (C=S) groups is 1. The largest absolute Gasteiger partial charge is 0.362 e. The van der Waals surface area contributed by atoms with E-state index in [1.54, 1.807) is 0 Å². The summed E-state index contributed by atoms with van der Waals surface area (Å²) >= 11 is 11.3. The standard InChI is InChI=1S/C26H43ClN2OS/c1-2-3-4-5-6-7-8-9-10-11-12-13-14-17-22-28-26(31)29-25(30)21-20-23-18-15-16-19-24(23)27/h15-16,18-19H,2-14,17,20-22H2,1H3,(H2,28,29,30,31). The van der Waals surface area contributed by atoms with Gasteiger partial charge in [-0.25, -0.2) is 0 Å². The minimum absolute atomic E-state index is 0.0709. The van der Waals surface area contributed by atoms with Crippen LogP contribution in [0.2, 0.25) is 5.02 Å². The SMILES string of the molecule is CCCCCCCCCCCCCCCCNC(=S)NC(=O)CCc1ccccc1Cl. The summed E-state index contributed by atoms with van der Waals surface area (Å²) in [5.41, 5.74) is 0.987. The molecular formula is C26H43ClN2OS. The summed E-state index contributed by atoms with van der Waals surface area (Å²) in [6.45, 7) is 3.10. The highest BCUT2D eigenvalue weighted by molar-refractivity contribution is 7.80. The molecule has 3 nitrogen and oxygen atoms in total. The van der Waals surface area contributed by atoms with Gasteiger partial charge in [0.15, 0.2) is 5.11 Å². The maximum absolute atomic E-state index is 12.0. The van der Waals surface area contributed by atoms with E-state index in [2.05, 4.69) is 17.6 Å². The Kier molecular flexibility index (Phi) is 17.6. The summed E-state index contributed by atoms with van der Waals surface area (Å²) in [6.07, 6.45) is 19.9. The number of unbranched alkanes of at least 4 members (excludes halogenated alkanes) is 13. The van der Waals surface area contributed by atoms with E-state index in [-0.39, 0.29) is 5.91 Å². The van der Waals surface area contributed by atoms with E-state index in [1.165, 1.54) is 83.5 Å². The van der Waals surface area contributed by atoms with Gasteiger partial charge in [0.05, 0.1) is 0 Å². The van der Waals surface area contributed by atoms with Gasteiger partial charge in [-0.2, -0.15) is 0 Å². The number of nitrogens with one attached hydrogen (secondary N) is 2. The summed E-state index contributed by atoms with van der Waals surface area (Å²) in [5, 5.41) is 7.03. The molecule has 5 heteroatoms. The Labute approximate surface area is 201 Å². The molecule has 176 valence electrons. The fraction of sp³-hybridized carbons (Fsp3) is 0.692. The van der Waals surface area contributed by atoms with Crippen molar-refractivity contribution in [2.24, 2.45) is 0 Å². The normalized spacial score (nSPS) is 10.8. The summed E-state index contributed by atoms with van der Waals surface area (Å²) < 4.78 is 0. The number of aryl methyl sites for hydroxylation is 1. The fourth-order valence-electron chi connectivity index (χ4n) is 3.70. The predicted molar refractivity (Wildman–Crippen MR) is 139 cm³/mol. The van der Waals surface area contributed by atoms with Crippen molar-refractivity contribution < 1.29 is 4.79 Å². The van der Waals surface area contributed by atoms with Crippen molar-refractivity contribution in [2.45, 2.75) is 110 Å². The average molecular weight is 467 g/mol. The van der Waals surface area contributed by atoms with Gasteiger partial charge < -0.3 is 10.6 Å². The average Bonchev–Trinajstić information content (AvgIpc) is 2.76. The van der Waals surface area contributed by atoms with E-state index in [9.17, 15) is 4.79 Å². The number of carbonyl (C=O) groups excluding carboxylic acids is 1. The van der Waals surface area contributed by atoms with Crippen LogP contribution in [0, 0.1) is 0 Å². The first kappa shape index (κ1) is 27.9. The van der Waals surface area contributed by atoms with Crippen LogP contribution < -0.4 is 10.6 Å². The second kappa shape index (κ2) is 19.5. The molecule has 0 saturated heterocycles. The summed E-state index contributed by atoms with van der Waals surface area (Å²) in [5.74, 6) is -0.0709. The van der Waals surface area contributed by atoms with Crippen molar-refractivity contribution in [1.82, 2.24) is 10.6 Å². The van der Waals surface area contributed by atoms with Crippen LogP contribution in [-0.2, 0) is 11.2 Å². The molecule has 31 heavy (non-hydrogen) atoms. The van der Waals surface area contributed by atoms with Crippen LogP contribution in [0.15, 0.2) is 24.3 Å². The van der Waals surface area contributed by atoms with E-state index in [0.29, 0.717) is 23.0 Å². The van der Waals surface area contributed by atoms with E-state index in [4.69, 9.17) is 23.8 Å². The Balaban J connectivity index is 1.87. The van der Waals surface area contributed by atoms with Crippen LogP contribution in [0.3, 0.4) is 0 Å². The van der Waals surface area contributed by atoms with Gasteiger partial charge in [0.1, 0.15) is 0 Å². The molecule has 0 heterocycles. The lowest BCUT2D eigenvalue weighted by Crippen LogP contribution is -2.39. The second-order valence-electron chi connectivity index (χ2n) is 8.49. The lowest BCUT2D eigenvalue weighted by Gasteiger charge is -2.10. The molecule has 0 aliphatic heterocycles. The molecule has 0 fully saturated rings. The number of carbonyl (C=O) groups is 1. The molecule has 0 aliphatic carbocycles. The molecule has 0 atom stereocenters. The molecular weight excluding hydrogens is 424 g/mol. The van der Waals surface area contributed by atoms with Crippen molar-refractivity contribution in [3.05, 3.63) is 34.9 Å². The topological polar surface area (TPSA) is 41.1 Å². The quantitative estimate of drug-likeness (QED) is 0.171. The van der Waals surface area contributed by atoms with Gasteiger partial charge in [-0.05, 0) is 36.7 Å². The molecule has 0 radical (unpaired) electrons. The highest BCUT2D eigenvalue weighted by atomic mass is 35.5. The summed E-state index contributed by atoms with van der Waals surface area (Å²) in [6, 6.07) is 7.61. The Bertz CT molecular complexity index is 609. The lowest BCUT2D eigenvalue weighted by molar-refractivity contribution is -0.119. The molecule has 0 aliphatic rings. The van der Waals surface area contributed by atoms with Gasteiger partial charge >= 0.3 is 0 Å². The number of hydrogen-bond donors (Lipinski definition) is 2. The predicted octanol–water partition coefficient (Wildman–Crippen LogP) is 7.74. The van der Waals surface area contributed by atoms with E-state index >= 15 is 0 Å². The van der Waals surface area contributed by atoms with Crippen molar-refractivity contribution in [3.8, 4) is 0 Å². The Hall–Kier alpha value is -1.13. The van der Waals surface area contributed by atoms with Gasteiger partial charge in [-0.15, -0.1) is 0 Å². The van der Waals surface area contributed by atoms with Gasteiger partial charge in [-0.3, -0.25) is 4.79 Å². The van der Waals surface area contributed by atoms with Crippen LogP contribution in [0.5, 0.6) is 0 Å². The monoisotopic (exact) mass is 466 g/mol. The number of hydrogen-bond acceptors (Lipinski definition) is 2. The zero-order valence-electron chi connectivity index (χ0n) is 19.5. The van der Waals surface area contributed by atoms with E-state index < -0.39 is 0 Å². The van der Waals surface area contributed by atoms with Gasteiger partial charge in [-0.1, -0.05) is 120 Å². The third-order valence-electron chi connectivity index (χ3n) is 5.65.